The Morgan fingerprint density at radius 1 is 1.07 bits per heavy atom. The Kier molecular flexibility index (Phi) is 12.8. The van der Waals surface area contributed by atoms with Crippen LogP contribution >= 0.6 is 9.39 Å². The molecule has 1 heterocycles. The Balaban J connectivity index is 0. The van der Waals surface area contributed by atoms with Crippen LogP contribution in [0.1, 0.15) is 48.5 Å². The van der Waals surface area contributed by atoms with E-state index in [4.69, 9.17) is 0 Å². The molecule has 2 unspecified atom stereocenters. The van der Waals surface area contributed by atoms with Gasteiger partial charge in [0.2, 0.25) is 0 Å². The normalized spacial score (nSPS) is 22.6. The lowest BCUT2D eigenvalue weighted by atomic mass is 10.2. The Hall–Kier alpha value is 0.350. The molecule has 1 aliphatic heterocycles. The standard InChI is InChI=1S/C8H19N2P.2C2H6/c1-7(2)10-5-4-9(11)6-8(10)3;2*1-2/h7-8H,4-6,11H2,1-3H3;2*1-2H3. The van der Waals surface area contributed by atoms with Gasteiger partial charge in [-0.25, -0.2) is 0 Å². The first-order chi connectivity index (χ1) is 7.11. The van der Waals surface area contributed by atoms with E-state index in [0.29, 0.717) is 12.1 Å². The minimum atomic E-state index is 0.698. The lowest BCUT2D eigenvalue weighted by Crippen LogP contribution is -2.51. The van der Waals surface area contributed by atoms with Gasteiger partial charge < -0.3 is 0 Å². The van der Waals surface area contributed by atoms with Crippen LogP contribution in [0.4, 0.5) is 0 Å². The summed E-state index contributed by atoms with van der Waals surface area (Å²) in [6.07, 6.45) is 0. The molecular formula is C12H31N2P. The Morgan fingerprint density at radius 3 is 1.87 bits per heavy atom. The van der Waals surface area contributed by atoms with Crippen molar-refractivity contribution in [3.8, 4) is 0 Å². The Morgan fingerprint density at radius 2 is 1.53 bits per heavy atom. The molecule has 1 saturated heterocycles. The van der Waals surface area contributed by atoms with Crippen molar-refractivity contribution in [2.24, 2.45) is 0 Å². The summed E-state index contributed by atoms with van der Waals surface area (Å²) in [6, 6.07) is 1.41. The quantitative estimate of drug-likeness (QED) is 0.643. The van der Waals surface area contributed by atoms with Gasteiger partial charge in [-0.1, -0.05) is 37.1 Å². The highest BCUT2D eigenvalue weighted by atomic mass is 31.0. The number of piperazine rings is 1. The van der Waals surface area contributed by atoms with E-state index >= 15 is 0 Å². The van der Waals surface area contributed by atoms with Crippen LogP contribution in [0.2, 0.25) is 0 Å². The number of hydrogen-bond donors (Lipinski definition) is 0. The molecule has 0 saturated carbocycles. The highest BCUT2D eigenvalue weighted by molar-refractivity contribution is 7.13. The van der Waals surface area contributed by atoms with Crippen LogP contribution in [0.3, 0.4) is 0 Å². The van der Waals surface area contributed by atoms with E-state index in [0.717, 1.165) is 0 Å². The largest absolute Gasteiger partial charge is 0.296 e. The van der Waals surface area contributed by atoms with Gasteiger partial charge in [-0.3, -0.25) is 9.57 Å². The topological polar surface area (TPSA) is 6.48 Å². The van der Waals surface area contributed by atoms with E-state index < -0.39 is 0 Å². The van der Waals surface area contributed by atoms with Crippen molar-refractivity contribution in [1.82, 2.24) is 9.57 Å². The molecule has 0 aliphatic carbocycles. The molecular weight excluding hydrogens is 203 g/mol. The molecule has 1 aliphatic rings. The molecule has 15 heavy (non-hydrogen) atoms. The lowest BCUT2D eigenvalue weighted by molar-refractivity contribution is 0.102. The minimum absolute atomic E-state index is 0.698. The fraction of sp³-hybridized carbons (Fsp3) is 1.00. The lowest BCUT2D eigenvalue weighted by Gasteiger charge is -2.40. The SMILES string of the molecule is CC.CC.CC(C)N1CCN(P)CC1C. The van der Waals surface area contributed by atoms with Crippen molar-refractivity contribution in [3.05, 3.63) is 0 Å². The zero-order chi connectivity index (χ0) is 12.4. The smallest absolute Gasteiger partial charge is 0.0201 e. The summed E-state index contributed by atoms with van der Waals surface area (Å²) in [5, 5.41) is 0. The molecule has 0 amide bonds. The molecule has 0 aromatic heterocycles. The van der Waals surface area contributed by atoms with Gasteiger partial charge in [0.05, 0.1) is 0 Å². The monoisotopic (exact) mass is 234 g/mol. The van der Waals surface area contributed by atoms with Gasteiger partial charge in [0, 0.05) is 31.7 Å². The van der Waals surface area contributed by atoms with Crippen molar-refractivity contribution < 1.29 is 0 Å². The molecule has 3 heteroatoms. The number of rotatable bonds is 1. The van der Waals surface area contributed by atoms with Gasteiger partial charge in [-0.2, -0.15) is 0 Å². The van der Waals surface area contributed by atoms with Gasteiger partial charge in [0.25, 0.3) is 0 Å². The summed E-state index contributed by atoms with van der Waals surface area (Å²) in [5.74, 6) is 0. The van der Waals surface area contributed by atoms with Crippen molar-refractivity contribution in [2.75, 3.05) is 19.6 Å². The molecule has 0 radical (unpaired) electrons. The zero-order valence-electron chi connectivity index (χ0n) is 11.7. The maximum Gasteiger partial charge on any atom is 0.0201 e. The molecule has 0 aromatic rings. The second-order valence-corrected chi connectivity index (χ2v) is 4.41. The highest BCUT2D eigenvalue weighted by Crippen LogP contribution is 2.14. The van der Waals surface area contributed by atoms with Gasteiger partial charge in [0.15, 0.2) is 0 Å². The summed E-state index contributed by atoms with van der Waals surface area (Å²) in [5.41, 5.74) is 0. The third kappa shape index (κ3) is 7.27. The van der Waals surface area contributed by atoms with Crippen LogP contribution in [-0.4, -0.2) is 41.3 Å². The molecule has 0 spiro atoms. The molecule has 0 aromatic carbocycles. The molecule has 94 valence electrons. The second kappa shape index (κ2) is 10.9. The first-order valence-electron chi connectivity index (χ1n) is 6.36. The maximum atomic E-state index is 2.78. The molecule has 2 atom stereocenters. The average molecular weight is 234 g/mol. The van der Waals surface area contributed by atoms with Crippen LogP contribution in [-0.2, 0) is 0 Å². The number of nitrogens with zero attached hydrogens (tertiary/aromatic N) is 2. The predicted octanol–water partition coefficient (Wildman–Crippen LogP) is 3.24. The predicted molar refractivity (Wildman–Crippen MR) is 75.3 cm³/mol. The van der Waals surface area contributed by atoms with Crippen LogP contribution in [0.15, 0.2) is 0 Å². The van der Waals surface area contributed by atoms with Gasteiger partial charge in [-0.05, 0) is 20.8 Å². The Bertz CT molecular complexity index is 129. The van der Waals surface area contributed by atoms with E-state index in [-0.39, 0.29) is 0 Å². The summed E-state index contributed by atoms with van der Waals surface area (Å²) in [4.78, 5) is 2.56. The first kappa shape index (κ1) is 17.7. The molecule has 1 fully saturated rings. The third-order valence-corrected chi connectivity index (χ3v) is 2.84. The second-order valence-electron chi connectivity index (χ2n) is 3.68. The van der Waals surface area contributed by atoms with Crippen LogP contribution in [0.5, 0.6) is 0 Å². The molecule has 0 N–H and O–H groups in total. The summed E-state index contributed by atoms with van der Waals surface area (Å²) < 4.78 is 2.32. The van der Waals surface area contributed by atoms with Crippen molar-refractivity contribution in [1.29, 1.82) is 0 Å². The van der Waals surface area contributed by atoms with Crippen LogP contribution in [0, 0.1) is 0 Å². The van der Waals surface area contributed by atoms with E-state index in [1.165, 1.54) is 19.6 Å². The molecule has 1 rings (SSSR count). The zero-order valence-corrected chi connectivity index (χ0v) is 12.9. The van der Waals surface area contributed by atoms with E-state index in [2.05, 4.69) is 39.7 Å². The maximum absolute atomic E-state index is 2.78. The van der Waals surface area contributed by atoms with Crippen LogP contribution < -0.4 is 0 Å². The molecule has 2 nitrogen and oxygen atoms in total. The van der Waals surface area contributed by atoms with Gasteiger partial charge in [0.1, 0.15) is 0 Å². The van der Waals surface area contributed by atoms with Crippen molar-refractivity contribution in [2.45, 2.75) is 60.5 Å². The Labute approximate surface area is 99.7 Å². The number of hydrogen-bond acceptors (Lipinski definition) is 2. The van der Waals surface area contributed by atoms with E-state index in [1.54, 1.807) is 0 Å². The van der Waals surface area contributed by atoms with Gasteiger partial charge >= 0.3 is 0 Å². The molecule has 0 bridgehead atoms. The third-order valence-electron chi connectivity index (χ3n) is 2.37. The summed E-state index contributed by atoms with van der Waals surface area (Å²) in [7, 11) is 2.78. The van der Waals surface area contributed by atoms with Crippen LogP contribution in [0.25, 0.3) is 0 Å². The first-order valence-corrected chi connectivity index (χ1v) is 6.88. The summed E-state index contributed by atoms with van der Waals surface area (Å²) >= 11 is 0. The fourth-order valence-corrected chi connectivity index (χ4v) is 2.19. The van der Waals surface area contributed by atoms with Crippen molar-refractivity contribution in [3.63, 3.8) is 0 Å². The van der Waals surface area contributed by atoms with E-state index in [9.17, 15) is 0 Å². The van der Waals surface area contributed by atoms with Gasteiger partial charge in [-0.15, -0.1) is 0 Å². The summed E-state index contributed by atoms with van der Waals surface area (Å²) in [6.45, 7) is 18.4. The average Bonchev–Trinajstić information content (AvgIpc) is 2.23. The minimum Gasteiger partial charge on any atom is -0.296 e. The fourth-order valence-electron chi connectivity index (χ4n) is 1.77. The van der Waals surface area contributed by atoms with Crippen molar-refractivity contribution >= 4 is 9.39 Å². The highest BCUT2D eigenvalue weighted by Gasteiger charge is 2.22. The van der Waals surface area contributed by atoms with E-state index in [1.807, 2.05) is 27.7 Å².